The molecule has 1 heterocycles. The summed E-state index contributed by atoms with van der Waals surface area (Å²) in [4.78, 5) is 14.6. The number of halogens is 1. The number of rotatable bonds is 2. The van der Waals surface area contributed by atoms with Crippen LogP contribution in [0.5, 0.6) is 0 Å². The number of carbonyl (C=O) groups is 1. The van der Waals surface area contributed by atoms with Crippen LogP contribution in [0.25, 0.3) is 0 Å². The Labute approximate surface area is 129 Å². The third kappa shape index (κ3) is 2.69. The van der Waals surface area contributed by atoms with Gasteiger partial charge in [-0.15, -0.1) is 0 Å². The van der Waals surface area contributed by atoms with Gasteiger partial charge in [-0.3, -0.25) is 4.79 Å². The van der Waals surface area contributed by atoms with E-state index in [-0.39, 0.29) is 17.8 Å². The minimum absolute atomic E-state index is 0.0501. The third-order valence-electron chi connectivity index (χ3n) is 4.28. The summed E-state index contributed by atoms with van der Waals surface area (Å²) >= 11 is 0. The third-order valence-corrected chi connectivity index (χ3v) is 4.28. The van der Waals surface area contributed by atoms with Crippen LogP contribution in [0.4, 0.5) is 10.1 Å². The van der Waals surface area contributed by atoms with Crippen LogP contribution in [-0.2, 0) is 0 Å². The van der Waals surface area contributed by atoms with E-state index in [1.807, 2.05) is 11.0 Å². The summed E-state index contributed by atoms with van der Waals surface area (Å²) in [5.41, 5.74) is 7.77. The van der Waals surface area contributed by atoms with Crippen molar-refractivity contribution in [2.45, 2.75) is 19.4 Å². The molecule has 0 aliphatic carbocycles. The number of anilines is 1. The number of hydrogen-bond donors (Lipinski definition) is 1. The molecule has 1 aliphatic heterocycles. The molecule has 2 aromatic rings. The number of amides is 1. The second-order valence-corrected chi connectivity index (χ2v) is 5.89. The van der Waals surface area contributed by atoms with Gasteiger partial charge < -0.3 is 10.6 Å². The molecule has 0 spiro atoms. The molecule has 4 heteroatoms. The second-order valence-electron chi connectivity index (χ2n) is 5.89. The number of benzene rings is 2. The SMILES string of the molecule is CC1CCN(C(=O)c2cccc(N)c2)C1c1cccc(F)c1. The molecule has 1 fully saturated rings. The van der Waals surface area contributed by atoms with Gasteiger partial charge in [0.05, 0.1) is 6.04 Å². The van der Waals surface area contributed by atoms with Crippen molar-refractivity contribution < 1.29 is 9.18 Å². The second kappa shape index (κ2) is 5.79. The van der Waals surface area contributed by atoms with Gasteiger partial charge in [0.1, 0.15) is 5.82 Å². The van der Waals surface area contributed by atoms with Gasteiger partial charge in [0.15, 0.2) is 0 Å². The molecule has 2 atom stereocenters. The molecule has 114 valence electrons. The van der Waals surface area contributed by atoms with E-state index in [1.165, 1.54) is 12.1 Å². The van der Waals surface area contributed by atoms with Crippen LogP contribution in [0.1, 0.15) is 35.3 Å². The van der Waals surface area contributed by atoms with Crippen LogP contribution >= 0.6 is 0 Å². The number of nitrogens with two attached hydrogens (primary N) is 1. The van der Waals surface area contributed by atoms with Gasteiger partial charge >= 0.3 is 0 Å². The first-order valence-electron chi connectivity index (χ1n) is 7.48. The highest BCUT2D eigenvalue weighted by Crippen LogP contribution is 2.38. The molecular weight excluding hydrogens is 279 g/mol. The Balaban J connectivity index is 1.93. The van der Waals surface area contributed by atoms with E-state index in [4.69, 9.17) is 5.73 Å². The van der Waals surface area contributed by atoms with Gasteiger partial charge in [-0.2, -0.15) is 0 Å². The van der Waals surface area contributed by atoms with Crippen LogP contribution in [-0.4, -0.2) is 17.4 Å². The van der Waals surface area contributed by atoms with Crippen molar-refractivity contribution in [3.8, 4) is 0 Å². The maximum Gasteiger partial charge on any atom is 0.254 e. The van der Waals surface area contributed by atoms with E-state index in [0.29, 0.717) is 23.7 Å². The zero-order valence-electron chi connectivity index (χ0n) is 12.5. The summed E-state index contributed by atoms with van der Waals surface area (Å²) in [7, 11) is 0. The summed E-state index contributed by atoms with van der Waals surface area (Å²) in [5.74, 6) is -0.0225. The van der Waals surface area contributed by atoms with Crippen molar-refractivity contribution in [3.63, 3.8) is 0 Å². The molecule has 1 aliphatic rings. The number of nitrogens with zero attached hydrogens (tertiary/aromatic N) is 1. The lowest BCUT2D eigenvalue weighted by Crippen LogP contribution is -2.31. The van der Waals surface area contributed by atoms with Crippen LogP contribution in [0.2, 0.25) is 0 Å². The Morgan fingerprint density at radius 1 is 1.23 bits per heavy atom. The standard InChI is InChI=1S/C18H19FN2O/c1-12-8-9-21(17(12)13-4-2-6-15(19)10-13)18(22)14-5-3-7-16(20)11-14/h2-7,10-12,17H,8-9,20H2,1H3. The highest BCUT2D eigenvalue weighted by atomic mass is 19.1. The molecule has 0 saturated carbocycles. The number of likely N-dealkylation sites (tertiary alicyclic amines) is 1. The summed E-state index contributed by atoms with van der Waals surface area (Å²) < 4.78 is 13.5. The summed E-state index contributed by atoms with van der Waals surface area (Å²) in [6.07, 6.45) is 0.912. The summed E-state index contributed by atoms with van der Waals surface area (Å²) in [6, 6.07) is 13.4. The zero-order valence-corrected chi connectivity index (χ0v) is 12.5. The monoisotopic (exact) mass is 298 g/mol. The fraction of sp³-hybridized carbons (Fsp3) is 0.278. The smallest absolute Gasteiger partial charge is 0.254 e. The molecule has 1 saturated heterocycles. The molecule has 0 aromatic heterocycles. The van der Waals surface area contributed by atoms with Crippen LogP contribution < -0.4 is 5.73 Å². The molecule has 3 rings (SSSR count). The van der Waals surface area contributed by atoms with Crippen molar-refractivity contribution in [2.75, 3.05) is 12.3 Å². The first-order valence-corrected chi connectivity index (χ1v) is 7.48. The van der Waals surface area contributed by atoms with E-state index in [0.717, 1.165) is 12.0 Å². The highest BCUT2D eigenvalue weighted by Gasteiger charge is 2.36. The fourth-order valence-corrected chi connectivity index (χ4v) is 3.21. The molecule has 3 nitrogen and oxygen atoms in total. The Kier molecular flexibility index (Phi) is 3.84. The van der Waals surface area contributed by atoms with Crippen molar-refractivity contribution in [1.29, 1.82) is 0 Å². The van der Waals surface area contributed by atoms with Crippen molar-refractivity contribution >= 4 is 11.6 Å². The predicted molar refractivity (Wildman–Crippen MR) is 84.8 cm³/mol. The number of carbonyl (C=O) groups excluding carboxylic acids is 1. The van der Waals surface area contributed by atoms with Gasteiger partial charge in [0, 0.05) is 17.8 Å². The number of hydrogen-bond acceptors (Lipinski definition) is 2. The van der Waals surface area contributed by atoms with Gasteiger partial charge in [0.2, 0.25) is 0 Å². The lowest BCUT2D eigenvalue weighted by molar-refractivity contribution is 0.0720. The summed E-state index contributed by atoms with van der Waals surface area (Å²) in [5, 5.41) is 0. The molecule has 2 aromatic carbocycles. The van der Waals surface area contributed by atoms with Crippen LogP contribution in [0.15, 0.2) is 48.5 Å². The van der Waals surface area contributed by atoms with Crippen molar-refractivity contribution in [2.24, 2.45) is 5.92 Å². The average Bonchev–Trinajstić information content (AvgIpc) is 2.88. The van der Waals surface area contributed by atoms with E-state index in [9.17, 15) is 9.18 Å². The van der Waals surface area contributed by atoms with Gasteiger partial charge in [-0.25, -0.2) is 4.39 Å². The molecule has 2 unspecified atom stereocenters. The van der Waals surface area contributed by atoms with Crippen LogP contribution in [0.3, 0.4) is 0 Å². The Hall–Kier alpha value is -2.36. The zero-order chi connectivity index (χ0) is 15.7. The first-order chi connectivity index (χ1) is 10.6. The summed E-state index contributed by atoms with van der Waals surface area (Å²) in [6.45, 7) is 2.78. The quantitative estimate of drug-likeness (QED) is 0.861. The normalized spacial score (nSPS) is 21.1. The lowest BCUT2D eigenvalue weighted by atomic mass is 9.95. The Morgan fingerprint density at radius 3 is 2.73 bits per heavy atom. The van der Waals surface area contributed by atoms with Crippen molar-refractivity contribution in [1.82, 2.24) is 4.90 Å². The predicted octanol–water partition coefficient (Wildman–Crippen LogP) is 3.63. The Bertz CT molecular complexity index is 701. The average molecular weight is 298 g/mol. The van der Waals surface area contributed by atoms with E-state index >= 15 is 0 Å². The highest BCUT2D eigenvalue weighted by molar-refractivity contribution is 5.95. The lowest BCUT2D eigenvalue weighted by Gasteiger charge is -2.27. The van der Waals surface area contributed by atoms with E-state index in [2.05, 4.69) is 6.92 Å². The minimum atomic E-state index is -0.270. The van der Waals surface area contributed by atoms with Crippen LogP contribution in [0, 0.1) is 11.7 Å². The minimum Gasteiger partial charge on any atom is -0.399 e. The topological polar surface area (TPSA) is 46.3 Å². The molecule has 0 bridgehead atoms. The molecule has 22 heavy (non-hydrogen) atoms. The molecule has 2 N–H and O–H groups in total. The number of nitrogen functional groups attached to an aromatic ring is 1. The maximum absolute atomic E-state index is 13.5. The molecule has 0 radical (unpaired) electrons. The van der Waals surface area contributed by atoms with Gasteiger partial charge in [0.25, 0.3) is 5.91 Å². The maximum atomic E-state index is 13.5. The fourth-order valence-electron chi connectivity index (χ4n) is 3.21. The van der Waals surface area contributed by atoms with Gasteiger partial charge in [-0.05, 0) is 48.2 Å². The van der Waals surface area contributed by atoms with E-state index < -0.39 is 0 Å². The molecular formula is C18H19FN2O. The largest absolute Gasteiger partial charge is 0.399 e. The van der Waals surface area contributed by atoms with Gasteiger partial charge in [-0.1, -0.05) is 25.1 Å². The Morgan fingerprint density at radius 2 is 2.00 bits per heavy atom. The van der Waals surface area contributed by atoms with Crippen molar-refractivity contribution in [3.05, 3.63) is 65.5 Å². The first kappa shape index (κ1) is 14.6. The van der Waals surface area contributed by atoms with E-state index in [1.54, 1.807) is 30.3 Å². The molecule has 1 amide bonds.